The summed E-state index contributed by atoms with van der Waals surface area (Å²) in [6.45, 7) is 0. The van der Waals surface area contributed by atoms with Crippen LogP contribution in [0.1, 0.15) is 12.8 Å². The summed E-state index contributed by atoms with van der Waals surface area (Å²) in [6, 6.07) is 7.50. The summed E-state index contributed by atoms with van der Waals surface area (Å²) < 4.78 is 22.7. The molecule has 1 atom stereocenters. The molecule has 1 aliphatic rings. The van der Waals surface area contributed by atoms with Crippen LogP contribution in [-0.2, 0) is 14.6 Å². The molecule has 0 radical (unpaired) electrons. The highest BCUT2D eigenvalue weighted by atomic mass is 32.2. The molecule has 0 aliphatic carbocycles. The van der Waals surface area contributed by atoms with Gasteiger partial charge in [-0.25, -0.2) is 8.42 Å². The second-order valence-electron chi connectivity index (χ2n) is 5.14. The summed E-state index contributed by atoms with van der Waals surface area (Å²) in [6.07, 6.45) is 0.789. The highest BCUT2D eigenvalue weighted by Crippen LogP contribution is 2.23. The quantitative estimate of drug-likeness (QED) is 0.893. The van der Waals surface area contributed by atoms with E-state index in [1.54, 1.807) is 0 Å². The topological polar surface area (TPSA) is 91.9 Å². The van der Waals surface area contributed by atoms with Gasteiger partial charge in [0.25, 0.3) is 0 Å². The van der Waals surface area contributed by atoms with Gasteiger partial charge in [-0.05, 0) is 24.5 Å². The Morgan fingerprint density at radius 3 is 2.95 bits per heavy atom. The van der Waals surface area contributed by atoms with E-state index in [1.165, 1.54) is 0 Å². The van der Waals surface area contributed by atoms with Crippen LogP contribution in [0, 0.1) is 5.92 Å². The molecule has 20 heavy (non-hydrogen) atoms. The molecule has 7 heteroatoms. The number of aromatic nitrogens is 2. The maximum atomic E-state index is 12.0. The van der Waals surface area contributed by atoms with Gasteiger partial charge in [-0.3, -0.25) is 9.89 Å². The molecule has 1 fully saturated rings. The summed E-state index contributed by atoms with van der Waals surface area (Å²) in [5.74, 6) is 0.527. The average molecular weight is 293 g/mol. The van der Waals surface area contributed by atoms with Crippen LogP contribution in [0.15, 0.2) is 24.3 Å². The molecule has 2 aromatic rings. The number of benzene rings is 1. The SMILES string of the molecule is O=C(CC1CCS(=O)(=O)C1)Nc1n[nH]c2ccccc12. The summed E-state index contributed by atoms with van der Waals surface area (Å²) in [5, 5.41) is 10.5. The van der Waals surface area contributed by atoms with Gasteiger partial charge in [0, 0.05) is 11.8 Å². The van der Waals surface area contributed by atoms with Crippen molar-refractivity contribution in [2.75, 3.05) is 16.8 Å². The smallest absolute Gasteiger partial charge is 0.225 e. The molecule has 1 unspecified atom stereocenters. The number of hydrogen-bond donors (Lipinski definition) is 2. The van der Waals surface area contributed by atoms with Crippen molar-refractivity contribution in [2.45, 2.75) is 12.8 Å². The first-order chi connectivity index (χ1) is 9.53. The van der Waals surface area contributed by atoms with Crippen molar-refractivity contribution in [1.82, 2.24) is 10.2 Å². The lowest BCUT2D eigenvalue weighted by atomic mass is 10.1. The Morgan fingerprint density at radius 2 is 2.20 bits per heavy atom. The number of nitrogens with one attached hydrogen (secondary N) is 2. The van der Waals surface area contributed by atoms with Crippen molar-refractivity contribution in [2.24, 2.45) is 5.92 Å². The molecule has 6 nitrogen and oxygen atoms in total. The third-order valence-corrected chi connectivity index (χ3v) is 5.37. The first-order valence-electron chi connectivity index (χ1n) is 6.47. The van der Waals surface area contributed by atoms with Gasteiger partial charge in [0.1, 0.15) is 0 Å². The monoisotopic (exact) mass is 293 g/mol. The lowest BCUT2D eigenvalue weighted by molar-refractivity contribution is -0.116. The number of nitrogens with zero attached hydrogens (tertiary/aromatic N) is 1. The number of rotatable bonds is 3. The highest BCUT2D eigenvalue weighted by molar-refractivity contribution is 7.91. The molecular weight excluding hydrogens is 278 g/mol. The van der Waals surface area contributed by atoms with Gasteiger partial charge < -0.3 is 5.32 Å². The molecule has 0 saturated carbocycles. The van der Waals surface area contributed by atoms with Gasteiger partial charge >= 0.3 is 0 Å². The van der Waals surface area contributed by atoms with Crippen molar-refractivity contribution >= 4 is 32.5 Å². The zero-order chi connectivity index (χ0) is 14.2. The molecule has 2 heterocycles. The fourth-order valence-corrected chi connectivity index (χ4v) is 4.40. The van der Waals surface area contributed by atoms with Crippen LogP contribution in [0.3, 0.4) is 0 Å². The van der Waals surface area contributed by atoms with Gasteiger partial charge in [-0.1, -0.05) is 12.1 Å². The fourth-order valence-electron chi connectivity index (χ4n) is 2.54. The minimum absolute atomic E-state index is 0.0785. The van der Waals surface area contributed by atoms with E-state index in [2.05, 4.69) is 15.5 Å². The van der Waals surface area contributed by atoms with Crippen LogP contribution >= 0.6 is 0 Å². The molecule has 0 spiro atoms. The van der Waals surface area contributed by atoms with Crippen LogP contribution < -0.4 is 5.32 Å². The third-order valence-electron chi connectivity index (χ3n) is 3.53. The van der Waals surface area contributed by atoms with Crippen molar-refractivity contribution in [3.05, 3.63) is 24.3 Å². The number of amides is 1. The maximum Gasteiger partial charge on any atom is 0.225 e. The standard InChI is InChI=1S/C13H15N3O3S/c17-12(7-9-5-6-20(18,19)8-9)14-13-10-3-1-2-4-11(10)15-16-13/h1-4,9H,5-8H2,(H2,14,15,16,17). The molecule has 3 rings (SSSR count). The van der Waals surface area contributed by atoms with Gasteiger partial charge in [0.2, 0.25) is 5.91 Å². The van der Waals surface area contributed by atoms with Crippen molar-refractivity contribution in [3.63, 3.8) is 0 Å². The predicted molar refractivity (Wildman–Crippen MR) is 76.1 cm³/mol. The normalized spacial score (nSPS) is 21.1. The van der Waals surface area contributed by atoms with Crippen LogP contribution in [0.25, 0.3) is 10.9 Å². The molecule has 1 aromatic carbocycles. The van der Waals surface area contributed by atoms with E-state index in [4.69, 9.17) is 0 Å². The van der Waals surface area contributed by atoms with Gasteiger partial charge in [0.15, 0.2) is 15.7 Å². The minimum Gasteiger partial charge on any atom is -0.309 e. The Balaban J connectivity index is 1.67. The van der Waals surface area contributed by atoms with Crippen LogP contribution in [0.4, 0.5) is 5.82 Å². The van der Waals surface area contributed by atoms with E-state index >= 15 is 0 Å². The molecule has 1 saturated heterocycles. The summed E-state index contributed by atoms with van der Waals surface area (Å²) >= 11 is 0. The number of carbonyl (C=O) groups is 1. The number of sulfone groups is 1. The van der Waals surface area contributed by atoms with Gasteiger partial charge in [-0.15, -0.1) is 0 Å². The van der Waals surface area contributed by atoms with Crippen LogP contribution in [-0.4, -0.2) is 36.0 Å². The molecule has 106 valence electrons. The highest BCUT2D eigenvalue weighted by Gasteiger charge is 2.29. The zero-order valence-corrected chi connectivity index (χ0v) is 11.6. The first kappa shape index (κ1) is 13.1. The summed E-state index contributed by atoms with van der Waals surface area (Å²) in [4.78, 5) is 12.0. The first-order valence-corrected chi connectivity index (χ1v) is 8.29. The molecule has 1 amide bonds. The molecular formula is C13H15N3O3S. The Kier molecular flexibility index (Phi) is 3.21. The average Bonchev–Trinajstić information content (AvgIpc) is 2.94. The summed E-state index contributed by atoms with van der Waals surface area (Å²) in [7, 11) is -2.94. The van der Waals surface area contributed by atoms with E-state index in [0.29, 0.717) is 12.2 Å². The summed E-state index contributed by atoms with van der Waals surface area (Å²) in [5.41, 5.74) is 0.853. The molecule has 1 aliphatic heterocycles. The number of H-pyrrole nitrogens is 1. The van der Waals surface area contributed by atoms with Crippen LogP contribution in [0.5, 0.6) is 0 Å². The van der Waals surface area contributed by atoms with E-state index < -0.39 is 9.84 Å². The number of hydrogen-bond acceptors (Lipinski definition) is 4. The van der Waals surface area contributed by atoms with E-state index in [-0.39, 0.29) is 29.8 Å². The Morgan fingerprint density at radius 1 is 1.40 bits per heavy atom. The van der Waals surface area contributed by atoms with E-state index in [9.17, 15) is 13.2 Å². The Labute approximate surface area is 116 Å². The van der Waals surface area contributed by atoms with Crippen molar-refractivity contribution < 1.29 is 13.2 Å². The second kappa shape index (κ2) is 4.90. The van der Waals surface area contributed by atoms with Crippen molar-refractivity contribution in [1.29, 1.82) is 0 Å². The van der Waals surface area contributed by atoms with E-state index in [1.807, 2.05) is 24.3 Å². The largest absolute Gasteiger partial charge is 0.309 e. The van der Waals surface area contributed by atoms with Crippen LogP contribution in [0.2, 0.25) is 0 Å². The molecule has 2 N–H and O–H groups in total. The molecule has 0 bridgehead atoms. The number of anilines is 1. The molecule has 1 aromatic heterocycles. The second-order valence-corrected chi connectivity index (χ2v) is 7.37. The minimum atomic E-state index is -2.94. The maximum absolute atomic E-state index is 12.0. The Bertz CT molecular complexity index is 751. The Hall–Kier alpha value is -1.89. The van der Waals surface area contributed by atoms with Gasteiger partial charge in [-0.2, -0.15) is 5.10 Å². The van der Waals surface area contributed by atoms with Crippen molar-refractivity contribution in [3.8, 4) is 0 Å². The number of fused-ring (bicyclic) bond motifs is 1. The number of para-hydroxylation sites is 1. The van der Waals surface area contributed by atoms with Gasteiger partial charge in [0.05, 0.1) is 17.0 Å². The zero-order valence-electron chi connectivity index (χ0n) is 10.8. The number of aromatic amines is 1. The fraction of sp³-hybridized carbons (Fsp3) is 0.385. The lowest BCUT2D eigenvalue weighted by Crippen LogP contribution is -2.17. The number of carbonyl (C=O) groups excluding carboxylic acids is 1. The third kappa shape index (κ3) is 2.67. The lowest BCUT2D eigenvalue weighted by Gasteiger charge is -2.07. The van der Waals surface area contributed by atoms with E-state index in [0.717, 1.165) is 10.9 Å². The predicted octanol–water partition coefficient (Wildman–Crippen LogP) is 1.33.